The number of allylic oxidation sites excluding steroid dienone is 8. The van der Waals surface area contributed by atoms with Crippen LogP contribution in [-0.4, -0.2) is 29.1 Å². The molecule has 0 bridgehead atoms. The zero-order valence-electron chi connectivity index (χ0n) is 33.6. The molecule has 0 saturated carbocycles. The molecule has 1 saturated heterocycles. The molecule has 49 heavy (non-hydrogen) atoms. The van der Waals surface area contributed by atoms with Gasteiger partial charge in [0.05, 0.1) is 0 Å². The summed E-state index contributed by atoms with van der Waals surface area (Å²) in [4.78, 5) is 0. The van der Waals surface area contributed by atoms with Crippen LogP contribution in [-0.2, 0) is 9.47 Å². The number of hydrogen-bond donors (Lipinski definition) is 2. The first-order valence-electron chi connectivity index (χ1n) is 21.1. The van der Waals surface area contributed by atoms with Crippen LogP contribution < -0.4 is 11.5 Å². The van der Waals surface area contributed by atoms with E-state index in [4.69, 9.17) is 20.9 Å². The molecule has 0 spiro atoms. The fourth-order valence-electron chi connectivity index (χ4n) is 6.82. The second kappa shape index (κ2) is 28.4. The Balaban J connectivity index is 2.38. The van der Waals surface area contributed by atoms with E-state index in [0.29, 0.717) is 0 Å². The van der Waals surface area contributed by atoms with E-state index < -0.39 is 16.9 Å². The van der Waals surface area contributed by atoms with Crippen LogP contribution in [0.1, 0.15) is 208 Å². The van der Waals surface area contributed by atoms with E-state index >= 15 is 0 Å². The smallest absolute Gasteiger partial charge is 0.169 e. The molecule has 0 aromatic carbocycles. The van der Waals surface area contributed by atoms with Gasteiger partial charge in [-0.05, 0) is 105 Å². The highest BCUT2D eigenvalue weighted by Crippen LogP contribution is 2.43. The molecule has 1 aliphatic heterocycles. The summed E-state index contributed by atoms with van der Waals surface area (Å²) in [6.45, 7) is 12.7. The minimum atomic E-state index is -0.562. The van der Waals surface area contributed by atoms with E-state index in [2.05, 4.69) is 90.2 Å². The molecular weight excluding hydrogens is 601 g/mol. The van der Waals surface area contributed by atoms with Gasteiger partial charge in [0.2, 0.25) is 0 Å². The lowest BCUT2D eigenvalue weighted by Gasteiger charge is -2.35. The van der Waals surface area contributed by atoms with E-state index in [1.165, 1.54) is 128 Å². The third-order valence-electron chi connectivity index (χ3n) is 9.94. The summed E-state index contributed by atoms with van der Waals surface area (Å²) in [7, 11) is 0. The standard InChI is InChI=1S/C45H84N2O2/c1-7-9-11-13-15-17-19-21-23-25-27-29-31-33-35-37-39-45(48-41(43(3,4)46)42(49-45)44(5,6)47)40-38-36-34-32-30-28-26-24-22-20-18-16-14-12-10-8-2/h15-18,21-24,41-42H,7-14,19-20,25-40,46-47H2,1-6H3/b17-15-,18-16-,23-21-,24-22-. The van der Waals surface area contributed by atoms with Gasteiger partial charge in [-0.3, -0.25) is 0 Å². The molecule has 2 unspecified atom stereocenters. The highest BCUT2D eigenvalue weighted by molar-refractivity contribution is 5.04. The molecule has 1 rings (SSSR count). The van der Waals surface area contributed by atoms with Gasteiger partial charge >= 0.3 is 0 Å². The minimum absolute atomic E-state index is 0.207. The normalized spacial score (nSPS) is 18.8. The summed E-state index contributed by atoms with van der Waals surface area (Å²) in [6, 6.07) is 0. The van der Waals surface area contributed by atoms with Crippen LogP contribution in [0.15, 0.2) is 48.6 Å². The third kappa shape index (κ3) is 23.8. The van der Waals surface area contributed by atoms with E-state index in [9.17, 15) is 0 Å². The van der Waals surface area contributed by atoms with Crippen LogP contribution in [0, 0.1) is 0 Å². The molecule has 0 aliphatic carbocycles. The van der Waals surface area contributed by atoms with Crippen molar-refractivity contribution < 1.29 is 9.47 Å². The fourth-order valence-corrected chi connectivity index (χ4v) is 6.82. The molecule has 4 N–H and O–H groups in total. The minimum Gasteiger partial charge on any atom is -0.342 e. The number of rotatable bonds is 32. The zero-order valence-corrected chi connectivity index (χ0v) is 33.6. The Labute approximate surface area is 306 Å². The van der Waals surface area contributed by atoms with E-state index in [1.807, 2.05) is 0 Å². The van der Waals surface area contributed by atoms with Crippen molar-refractivity contribution in [3.63, 3.8) is 0 Å². The molecule has 2 atom stereocenters. The summed E-state index contributed by atoms with van der Waals surface area (Å²) in [6.07, 6.45) is 50.3. The number of hydrogen-bond acceptors (Lipinski definition) is 4. The maximum absolute atomic E-state index is 6.85. The van der Waals surface area contributed by atoms with Gasteiger partial charge in [0.25, 0.3) is 0 Å². The molecule has 0 aromatic rings. The van der Waals surface area contributed by atoms with Crippen LogP contribution in [0.5, 0.6) is 0 Å². The summed E-state index contributed by atoms with van der Waals surface area (Å²) in [5.74, 6) is -0.562. The zero-order chi connectivity index (χ0) is 36.1. The Kier molecular flexibility index (Phi) is 26.6. The topological polar surface area (TPSA) is 70.5 Å². The fraction of sp³-hybridized carbons (Fsp3) is 0.822. The predicted octanol–water partition coefficient (Wildman–Crippen LogP) is 13.3. The van der Waals surface area contributed by atoms with Crippen LogP contribution in [0.4, 0.5) is 0 Å². The Bertz CT molecular complexity index is 803. The van der Waals surface area contributed by atoms with Gasteiger partial charge in [0, 0.05) is 23.9 Å². The first kappa shape index (κ1) is 45.8. The van der Waals surface area contributed by atoms with Gasteiger partial charge in [-0.25, -0.2) is 0 Å². The number of unbranched alkanes of at least 4 members (excludes halogenated alkanes) is 18. The van der Waals surface area contributed by atoms with Gasteiger partial charge in [-0.1, -0.05) is 140 Å². The van der Waals surface area contributed by atoms with E-state index in [0.717, 1.165) is 38.5 Å². The van der Waals surface area contributed by atoms with Crippen LogP contribution >= 0.6 is 0 Å². The Morgan fingerprint density at radius 1 is 0.429 bits per heavy atom. The molecular formula is C45H84N2O2. The molecule has 1 heterocycles. The Morgan fingerprint density at radius 2 is 0.714 bits per heavy atom. The number of nitrogens with two attached hydrogens (primary N) is 2. The summed E-state index contributed by atoms with van der Waals surface area (Å²) in [5, 5.41) is 0. The van der Waals surface area contributed by atoms with Crippen molar-refractivity contribution in [2.45, 2.75) is 238 Å². The van der Waals surface area contributed by atoms with Gasteiger partial charge in [-0.15, -0.1) is 0 Å². The van der Waals surface area contributed by atoms with Gasteiger partial charge in [-0.2, -0.15) is 0 Å². The largest absolute Gasteiger partial charge is 0.342 e. The molecule has 4 heteroatoms. The van der Waals surface area contributed by atoms with Crippen LogP contribution in [0.25, 0.3) is 0 Å². The summed E-state index contributed by atoms with van der Waals surface area (Å²) < 4.78 is 13.7. The van der Waals surface area contributed by atoms with Crippen molar-refractivity contribution in [1.82, 2.24) is 0 Å². The predicted molar refractivity (Wildman–Crippen MR) is 217 cm³/mol. The Hall–Kier alpha value is -1.20. The first-order valence-corrected chi connectivity index (χ1v) is 21.1. The van der Waals surface area contributed by atoms with Crippen molar-refractivity contribution in [2.24, 2.45) is 11.5 Å². The van der Waals surface area contributed by atoms with Crippen LogP contribution in [0.2, 0.25) is 0 Å². The maximum Gasteiger partial charge on any atom is 0.169 e. The van der Waals surface area contributed by atoms with Crippen molar-refractivity contribution >= 4 is 0 Å². The molecule has 286 valence electrons. The van der Waals surface area contributed by atoms with Crippen LogP contribution in [0.3, 0.4) is 0 Å². The lowest BCUT2D eigenvalue weighted by atomic mass is 9.85. The van der Waals surface area contributed by atoms with Crippen molar-refractivity contribution in [3.05, 3.63) is 48.6 Å². The highest BCUT2D eigenvalue weighted by Gasteiger charge is 2.54. The van der Waals surface area contributed by atoms with Crippen molar-refractivity contribution in [2.75, 3.05) is 0 Å². The number of ether oxygens (including phenoxy) is 2. The second-order valence-electron chi connectivity index (χ2n) is 16.3. The van der Waals surface area contributed by atoms with E-state index in [-0.39, 0.29) is 12.2 Å². The monoisotopic (exact) mass is 685 g/mol. The second-order valence-corrected chi connectivity index (χ2v) is 16.3. The van der Waals surface area contributed by atoms with Crippen molar-refractivity contribution in [1.29, 1.82) is 0 Å². The quantitative estimate of drug-likeness (QED) is 0.0546. The lowest BCUT2D eigenvalue weighted by molar-refractivity contribution is -0.193. The maximum atomic E-state index is 6.85. The third-order valence-corrected chi connectivity index (χ3v) is 9.94. The summed E-state index contributed by atoms with van der Waals surface area (Å²) in [5.41, 5.74) is 12.3. The average Bonchev–Trinajstić information content (AvgIpc) is 3.46. The summed E-state index contributed by atoms with van der Waals surface area (Å²) >= 11 is 0. The van der Waals surface area contributed by atoms with Gasteiger partial charge in [0.15, 0.2) is 5.79 Å². The first-order chi connectivity index (χ1) is 23.6. The average molecular weight is 685 g/mol. The molecule has 0 amide bonds. The molecule has 0 aromatic heterocycles. The molecule has 1 fully saturated rings. The van der Waals surface area contributed by atoms with Crippen molar-refractivity contribution in [3.8, 4) is 0 Å². The highest BCUT2D eigenvalue weighted by atomic mass is 16.8. The molecule has 4 nitrogen and oxygen atoms in total. The van der Waals surface area contributed by atoms with E-state index in [1.54, 1.807) is 0 Å². The SMILES string of the molecule is CCCCC/C=C\C/C=C\CCCCCCCCC1(CCCCCCCC/C=C\C/C=C\CCCCC)OC(C(C)(C)N)C(C(C)(C)N)O1. The van der Waals surface area contributed by atoms with Gasteiger partial charge < -0.3 is 20.9 Å². The molecule has 1 aliphatic rings. The molecule has 0 radical (unpaired) electrons. The Morgan fingerprint density at radius 3 is 1.02 bits per heavy atom. The van der Waals surface area contributed by atoms with Gasteiger partial charge in [0.1, 0.15) is 12.2 Å². The lowest BCUT2D eigenvalue weighted by Crippen LogP contribution is -2.59.